The number of amides is 8. The van der Waals surface area contributed by atoms with Crippen LogP contribution in [0.2, 0.25) is 0 Å². The van der Waals surface area contributed by atoms with Crippen LogP contribution in [0, 0.1) is 5.92 Å². The maximum absolute atomic E-state index is 13.7. The first-order chi connectivity index (χ1) is 32.6. The van der Waals surface area contributed by atoms with E-state index in [0.29, 0.717) is 0 Å². The van der Waals surface area contributed by atoms with Crippen LogP contribution in [0.4, 0.5) is 0 Å². The van der Waals surface area contributed by atoms with Crippen LogP contribution >= 0.6 is 0 Å². The van der Waals surface area contributed by atoms with Gasteiger partial charge in [-0.2, -0.15) is 0 Å². The Balaban J connectivity index is 6.06. The van der Waals surface area contributed by atoms with Crippen LogP contribution in [0.1, 0.15) is 92.4 Å². The fraction of sp³-hybridized carbons (Fsp3) is 0.675. The summed E-state index contributed by atoms with van der Waals surface area (Å²) >= 11 is 0. The van der Waals surface area contributed by atoms with Crippen LogP contribution in [0.25, 0.3) is 0 Å². The van der Waals surface area contributed by atoms with Gasteiger partial charge in [0, 0.05) is 26.1 Å². The summed E-state index contributed by atoms with van der Waals surface area (Å²) < 4.78 is 0. The molecule has 0 aromatic carbocycles. The van der Waals surface area contributed by atoms with Gasteiger partial charge in [-0.05, 0) is 78.1 Å². The quantitative estimate of drug-likeness (QED) is 0.0162. The van der Waals surface area contributed by atoms with Gasteiger partial charge in [0.15, 0.2) is 17.9 Å². The molecule has 0 radical (unpaired) electrons. The van der Waals surface area contributed by atoms with Crippen LogP contribution in [-0.2, 0) is 47.9 Å². The largest absolute Gasteiger partial charge is 0.481 e. The lowest BCUT2D eigenvalue weighted by molar-refractivity contribution is -0.142. The van der Waals surface area contributed by atoms with Gasteiger partial charge in [-0.25, -0.2) is 0 Å². The van der Waals surface area contributed by atoms with Crippen molar-refractivity contribution < 1.29 is 58.2 Å². The molecule has 30 nitrogen and oxygen atoms in total. The van der Waals surface area contributed by atoms with E-state index in [1.54, 1.807) is 13.8 Å². The van der Waals surface area contributed by atoms with Gasteiger partial charge in [0.2, 0.25) is 47.3 Å². The smallest absolute Gasteiger partial charge is 0.325 e. The van der Waals surface area contributed by atoms with Gasteiger partial charge in [-0.1, -0.05) is 13.8 Å². The molecule has 396 valence electrons. The molecule has 8 atom stereocenters. The van der Waals surface area contributed by atoms with Crippen molar-refractivity contribution in [3.8, 4) is 0 Å². The molecule has 0 fully saturated rings. The molecule has 30 heteroatoms. The third-order valence-corrected chi connectivity index (χ3v) is 9.76. The summed E-state index contributed by atoms with van der Waals surface area (Å²) in [7, 11) is 0. The monoisotopic (exact) mass is 999 g/mol. The van der Waals surface area contributed by atoms with Crippen molar-refractivity contribution in [2.75, 3.05) is 26.2 Å². The van der Waals surface area contributed by atoms with E-state index in [1.807, 2.05) is 0 Å². The van der Waals surface area contributed by atoms with Gasteiger partial charge in [-0.3, -0.25) is 62.9 Å². The summed E-state index contributed by atoms with van der Waals surface area (Å²) in [5, 5.41) is 37.8. The molecule has 0 aliphatic rings. The van der Waals surface area contributed by atoms with Crippen LogP contribution in [0.5, 0.6) is 0 Å². The molecule has 70 heavy (non-hydrogen) atoms. The highest BCUT2D eigenvalue weighted by Crippen LogP contribution is 2.09. The second-order valence-electron chi connectivity index (χ2n) is 16.6. The maximum Gasteiger partial charge on any atom is 0.325 e. The number of guanidine groups is 3. The van der Waals surface area contributed by atoms with Crippen molar-refractivity contribution in [2.45, 2.75) is 141 Å². The minimum atomic E-state index is -1.34. The van der Waals surface area contributed by atoms with E-state index in [2.05, 4.69) is 57.5 Å². The Hall–Kier alpha value is -7.53. The molecule has 24 N–H and O–H groups in total. The van der Waals surface area contributed by atoms with Crippen LogP contribution in [-0.4, -0.2) is 162 Å². The van der Waals surface area contributed by atoms with Gasteiger partial charge < -0.3 is 92.9 Å². The highest BCUT2D eigenvalue weighted by Gasteiger charge is 2.32. The number of nitrogens with two attached hydrogens (primary N) is 7. The minimum absolute atomic E-state index is 0.0140. The summed E-state index contributed by atoms with van der Waals surface area (Å²) in [6.07, 6.45) is -0.128. The van der Waals surface area contributed by atoms with Gasteiger partial charge in [0.25, 0.3) is 0 Å². The molecule has 0 saturated carbocycles. The fourth-order valence-corrected chi connectivity index (χ4v) is 5.98. The predicted molar refractivity (Wildman–Crippen MR) is 255 cm³/mol. The van der Waals surface area contributed by atoms with Gasteiger partial charge in [0.1, 0.15) is 42.3 Å². The Morgan fingerprint density at radius 2 is 0.829 bits per heavy atom. The minimum Gasteiger partial charge on any atom is -0.481 e. The summed E-state index contributed by atoms with van der Waals surface area (Å²) in [6.45, 7) is 6.89. The normalized spacial score (nSPS) is 14.2. The molecule has 8 amide bonds. The van der Waals surface area contributed by atoms with Crippen molar-refractivity contribution >= 4 is 77.1 Å². The zero-order chi connectivity index (χ0) is 53.7. The number of nitrogens with zero attached hydrogens (tertiary/aromatic N) is 3. The van der Waals surface area contributed by atoms with E-state index < -0.39 is 120 Å². The van der Waals surface area contributed by atoms with E-state index in [1.165, 1.54) is 20.8 Å². The molecule has 0 aromatic rings. The average Bonchev–Trinajstić information content (AvgIpc) is 3.26. The summed E-state index contributed by atoms with van der Waals surface area (Å²) in [5.41, 5.74) is 38.1. The van der Waals surface area contributed by atoms with Crippen LogP contribution < -0.4 is 82.7 Å². The number of carbonyl (C=O) groups excluding carboxylic acids is 8. The summed E-state index contributed by atoms with van der Waals surface area (Å²) in [6, 6.07) is -10.3. The van der Waals surface area contributed by atoms with E-state index in [0.717, 1.165) is 0 Å². The lowest BCUT2D eigenvalue weighted by Crippen LogP contribution is -2.59. The SMILES string of the molecule is CC(C)CC(NC(=O)C(CCCN=C(N)N)NC(=O)C(C)NC(=O)C(CCCN=C(N)N)NC(=O)C(C)NC(=O)CNC(=O)C(CCCN=C(N)N)NC(=O)C(N)CCC(=O)O)C(=O)NC(C)C(=O)O. The molecule has 0 bridgehead atoms. The topological polar surface area (TPSA) is 527 Å². The van der Waals surface area contributed by atoms with E-state index >= 15 is 0 Å². The molecule has 0 rings (SSSR count). The van der Waals surface area contributed by atoms with E-state index in [9.17, 15) is 53.1 Å². The number of rotatable bonds is 34. The second-order valence-corrected chi connectivity index (χ2v) is 16.6. The molecule has 0 saturated heterocycles. The van der Waals surface area contributed by atoms with Crippen LogP contribution in [0.3, 0.4) is 0 Å². The first kappa shape index (κ1) is 62.5. The summed E-state index contributed by atoms with van der Waals surface area (Å²) in [5.74, 6) is -9.94. The highest BCUT2D eigenvalue weighted by molar-refractivity contribution is 5.97. The molecule has 0 spiro atoms. The molecule has 0 aliphatic heterocycles. The van der Waals surface area contributed by atoms with Crippen molar-refractivity contribution in [1.29, 1.82) is 0 Å². The zero-order valence-electron chi connectivity index (χ0n) is 40.2. The van der Waals surface area contributed by atoms with Crippen molar-refractivity contribution in [3.05, 3.63) is 0 Å². The molecular weight excluding hydrogens is 925 g/mol. The Labute approximate surface area is 405 Å². The lowest BCUT2D eigenvalue weighted by atomic mass is 10.0. The Kier molecular flexibility index (Phi) is 29.5. The first-order valence-electron chi connectivity index (χ1n) is 22.4. The fourth-order valence-electron chi connectivity index (χ4n) is 5.98. The second kappa shape index (κ2) is 33.0. The van der Waals surface area contributed by atoms with Crippen molar-refractivity contribution in [2.24, 2.45) is 61.0 Å². The molecular formula is C40H74N18O12. The lowest BCUT2D eigenvalue weighted by Gasteiger charge is -2.26. The van der Waals surface area contributed by atoms with Gasteiger partial charge >= 0.3 is 11.9 Å². The molecule has 0 heterocycles. The Bertz CT molecular complexity index is 1890. The summed E-state index contributed by atoms with van der Waals surface area (Å²) in [4.78, 5) is 140. The van der Waals surface area contributed by atoms with Crippen LogP contribution in [0.15, 0.2) is 15.0 Å². The maximum atomic E-state index is 13.7. The van der Waals surface area contributed by atoms with E-state index in [-0.39, 0.29) is 94.8 Å². The third kappa shape index (κ3) is 28.0. The molecule has 0 aromatic heterocycles. The number of carbonyl (C=O) groups is 10. The number of aliphatic imine (C=N–C) groups is 3. The standard InChI is InChI=1S/C40H74N18O12/c1-19(2)17-27(36(68)54-22(5)37(69)70)58-35(67)26(11-8-16-50-40(46)47)56-31(63)21(4)53-34(66)25(10-7-15-49-39(44)45)55-30(62)20(3)52-28(59)18-51-33(65)24(9-6-14-48-38(42)43)57-32(64)23(41)12-13-29(60)61/h19-27H,6-18,41H2,1-5H3,(H,51,65)(H,52,59)(H,53,66)(H,54,68)(H,55,62)(H,56,63)(H,57,64)(H,58,67)(H,60,61)(H,69,70)(H4,42,43,48)(H4,44,45,49)(H4,46,47,50). The van der Waals surface area contributed by atoms with Gasteiger partial charge in [0.05, 0.1) is 12.6 Å². The number of carboxylic acid groups (broad SMARTS) is 2. The average molecular weight is 999 g/mol. The third-order valence-electron chi connectivity index (χ3n) is 9.76. The number of nitrogens with one attached hydrogen (secondary N) is 8. The Morgan fingerprint density at radius 3 is 1.24 bits per heavy atom. The number of carboxylic acids is 2. The highest BCUT2D eigenvalue weighted by atomic mass is 16.4. The molecule has 0 aliphatic carbocycles. The first-order valence-corrected chi connectivity index (χ1v) is 22.4. The number of hydrogen-bond donors (Lipinski definition) is 17. The molecule has 8 unspecified atom stereocenters. The zero-order valence-corrected chi connectivity index (χ0v) is 40.2. The van der Waals surface area contributed by atoms with Gasteiger partial charge in [-0.15, -0.1) is 0 Å². The van der Waals surface area contributed by atoms with E-state index in [4.69, 9.17) is 45.2 Å². The van der Waals surface area contributed by atoms with Crippen molar-refractivity contribution in [3.63, 3.8) is 0 Å². The van der Waals surface area contributed by atoms with Crippen molar-refractivity contribution in [1.82, 2.24) is 42.5 Å². The number of hydrogen-bond acceptors (Lipinski definition) is 14. The number of aliphatic carboxylic acids is 2. The Morgan fingerprint density at radius 1 is 0.457 bits per heavy atom. The predicted octanol–water partition coefficient (Wildman–Crippen LogP) is -6.96.